The Balaban J connectivity index is 1.78. The average molecular weight is 335 g/mol. The molecule has 0 saturated heterocycles. The number of hydrogen-bond acceptors (Lipinski definition) is 5. The maximum absolute atomic E-state index is 11.4. The van der Waals surface area contributed by atoms with E-state index >= 15 is 0 Å². The molecule has 24 heavy (non-hydrogen) atoms. The van der Waals surface area contributed by atoms with Crippen LogP contribution in [0.5, 0.6) is 11.5 Å². The third-order valence-corrected chi connectivity index (χ3v) is 4.66. The zero-order chi connectivity index (χ0) is 17.5. The number of benzene rings is 1. The maximum atomic E-state index is 11.4. The van der Waals surface area contributed by atoms with E-state index in [-0.39, 0.29) is 12.4 Å². The first kappa shape index (κ1) is 18.7. The Morgan fingerprint density at radius 2 is 2.00 bits per heavy atom. The molecule has 1 aliphatic rings. The molecule has 0 spiro atoms. The van der Waals surface area contributed by atoms with Crippen molar-refractivity contribution < 1.29 is 19.4 Å². The number of nitrogens with one attached hydrogen (secondary N) is 1. The van der Waals surface area contributed by atoms with Crippen LogP contribution in [0, 0.1) is 5.92 Å². The summed E-state index contributed by atoms with van der Waals surface area (Å²) in [6.07, 6.45) is 4.28. The smallest absolute Gasteiger partial charge is 0.161 e. The Bertz CT molecular complexity index is 538. The van der Waals surface area contributed by atoms with Crippen molar-refractivity contribution >= 4 is 5.78 Å². The molecule has 5 heteroatoms. The number of aliphatic hydroxyl groups excluding tert-OH is 1. The van der Waals surface area contributed by atoms with Gasteiger partial charge in [-0.15, -0.1) is 0 Å². The average Bonchev–Trinajstić information content (AvgIpc) is 2.59. The molecule has 1 aromatic rings. The number of ketones is 1. The molecule has 0 amide bonds. The van der Waals surface area contributed by atoms with Gasteiger partial charge in [-0.05, 0) is 56.7 Å². The normalized spacial score (nSPS) is 22.0. The van der Waals surface area contributed by atoms with Gasteiger partial charge in [-0.1, -0.05) is 6.92 Å². The van der Waals surface area contributed by atoms with Crippen molar-refractivity contribution in [3.63, 3.8) is 0 Å². The van der Waals surface area contributed by atoms with E-state index in [2.05, 4.69) is 12.2 Å². The summed E-state index contributed by atoms with van der Waals surface area (Å²) in [5.41, 5.74) is 0.577. The minimum atomic E-state index is -0.582. The molecule has 0 aliphatic heterocycles. The van der Waals surface area contributed by atoms with Gasteiger partial charge in [0.2, 0.25) is 0 Å². The summed E-state index contributed by atoms with van der Waals surface area (Å²) < 4.78 is 10.9. The number of ether oxygens (including phenoxy) is 2. The Kier molecular flexibility index (Phi) is 7.06. The first-order valence-corrected chi connectivity index (χ1v) is 8.72. The lowest BCUT2D eigenvalue weighted by Gasteiger charge is -2.27. The summed E-state index contributed by atoms with van der Waals surface area (Å²) in [4.78, 5) is 11.4. The number of methoxy groups -OCH3 is 1. The molecular weight excluding hydrogens is 306 g/mol. The molecule has 134 valence electrons. The molecule has 0 unspecified atom stereocenters. The van der Waals surface area contributed by atoms with E-state index in [9.17, 15) is 9.90 Å². The van der Waals surface area contributed by atoms with E-state index < -0.39 is 6.10 Å². The number of carbonyl (C=O) groups excluding carboxylic acids is 1. The van der Waals surface area contributed by atoms with Crippen LogP contribution in [0.25, 0.3) is 0 Å². The highest BCUT2D eigenvalue weighted by Gasteiger charge is 2.19. The van der Waals surface area contributed by atoms with E-state index in [1.165, 1.54) is 39.7 Å². The van der Waals surface area contributed by atoms with Gasteiger partial charge in [0.25, 0.3) is 0 Å². The summed E-state index contributed by atoms with van der Waals surface area (Å²) in [5, 5.41) is 13.5. The lowest BCUT2D eigenvalue weighted by Crippen LogP contribution is -2.39. The number of Topliss-reactive ketones (excluding diaryl/α,β-unsaturated/α-hetero) is 1. The third kappa shape index (κ3) is 5.49. The first-order chi connectivity index (χ1) is 11.5. The van der Waals surface area contributed by atoms with Gasteiger partial charge in [0, 0.05) is 18.2 Å². The molecular formula is C19H29NO4. The Morgan fingerprint density at radius 1 is 1.29 bits per heavy atom. The summed E-state index contributed by atoms with van der Waals surface area (Å²) in [7, 11) is 1.54. The molecule has 0 radical (unpaired) electrons. The number of rotatable bonds is 8. The molecule has 1 fully saturated rings. The zero-order valence-electron chi connectivity index (χ0n) is 14.9. The molecule has 1 saturated carbocycles. The van der Waals surface area contributed by atoms with E-state index in [0.29, 0.717) is 29.6 Å². The van der Waals surface area contributed by atoms with Crippen molar-refractivity contribution in [2.24, 2.45) is 5.92 Å². The van der Waals surface area contributed by atoms with Crippen molar-refractivity contribution in [3.8, 4) is 11.5 Å². The SMILES string of the molecule is COc1cc(C(C)=O)ccc1OC[C@H](O)CNC1CCC(C)CC1. The van der Waals surface area contributed by atoms with Crippen LogP contribution in [-0.2, 0) is 0 Å². The van der Waals surface area contributed by atoms with Gasteiger partial charge < -0.3 is 19.9 Å². The number of carbonyl (C=O) groups is 1. The molecule has 5 nitrogen and oxygen atoms in total. The van der Waals surface area contributed by atoms with Crippen molar-refractivity contribution in [2.45, 2.75) is 51.7 Å². The van der Waals surface area contributed by atoms with Gasteiger partial charge in [-0.3, -0.25) is 4.79 Å². The van der Waals surface area contributed by atoms with Crippen molar-refractivity contribution in [2.75, 3.05) is 20.3 Å². The van der Waals surface area contributed by atoms with E-state index in [4.69, 9.17) is 9.47 Å². The second kappa shape index (κ2) is 9.04. The first-order valence-electron chi connectivity index (χ1n) is 8.72. The highest BCUT2D eigenvalue weighted by Crippen LogP contribution is 2.28. The topological polar surface area (TPSA) is 67.8 Å². The predicted octanol–water partition coefficient (Wildman–Crippen LogP) is 2.81. The quantitative estimate of drug-likeness (QED) is 0.715. The van der Waals surface area contributed by atoms with Crippen molar-refractivity contribution in [1.29, 1.82) is 0 Å². The second-order valence-corrected chi connectivity index (χ2v) is 6.75. The van der Waals surface area contributed by atoms with Gasteiger partial charge in [0.15, 0.2) is 17.3 Å². The van der Waals surface area contributed by atoms with E-state index in [1.807, 2.05) is 0 Å². The van der Waals surface area contributed by atoms with Crippen LogP contribution in [0.1, 0.15) is 49.9 Å². The van der Waals surface area contributed by atoms with Crippen molar-refractivity contribution in [3.05, 3.63) is 23.8 Å². The second-order valence-electron chi connectivity index (χ2n) is 6.75. The van der Waals surface area contributed by atoms with Gasteiger partial charge >= 0.3 is 0 Å². The van der Waals surface area contributed by atoms with Crippen molar-refractivity contribution in [1.82, 2.24) is 5.32 Å². The zero-order valence-corrected chi connectivity index (χ0v) is 14.9. The molecule has 0 heterocycles. The van der Waals surface area contributed by atoms with Crippen LogP contribution in [-0.4, -0.2) is 43.3 Å². The molecule has 1 atom stereocenters. The number of aliphatic hydroxyl groups is 1. The van der Waals surface area contributed by atoms with Crippen LogP contribution in [0.2, 0.25) is 0 Å². The lowest BCUT2D eigenvalue weighted by atomic mass is 9.87. The Labute approximate surface area is 144 Å². The monoisotopic (exact) mass is 335 g/mol. The van der Waals surface area contributed by atoms with Crippen LogP contribution >= 0.6 is 0 Å². The van der Waals surface area contributed by atoms with E-state index in [0.717, 1.165) is 5.92 Å². The Hall–Kier alpha value is -1.59. The molecule has 1 aromatic carbocycles. The van der Waals surface area contributed by atoms with Crippen LogP contribution in [0.3, 0.4) is 0 Å². The fourth-order valence-corrected chi connectivity index (χ4v) is 3.02. The van der Waals surface area contributed by atoms with Crippen LogP contribution < -0.4 is 14.8 Å². The third-order valence-electron chi connectivity index (χ3n) is 4.66. The number of hydrogen-bond donors (Lipinski definition) is 2. The van der Waals surface area contributed by atoms with Gasteiger partial charge in [-0.25, -0.2) is 0 Å². The van der Waals surface area contributed by atoms with E-state index in [1.54, 1.807) is 18.2 Å². The molecule has 0 aromatic heterocycles. The maximum Gasteiger partial charge on any atom is 0.161 e. The Morgan fingerprint density at radius 3 is 2.62 bits per heavy atom. The molecule has 2 rings (SSSR count). The molecule has 2 N–H and O–H groups in total. The highest BCUT2D eigenvalue weighted by molar-refractivity contribution is 5.94. The van der Waals surface area contributed by atoms with Gasteiger partial charge in [0.1, 0.15) is 12.7 Å². The fraction of sp³-hybridized carbons (Fsp3) is 0.632. The van der Waals surface area contributed by atoms with Gasteiger partial charge in [-0.2, -0.15) is 0 Å². The summed E-state index contributed by atoms with van der Waals surface area (Å²) in [6.45, 7) is 4.51. The highest BCUT2D eigenvalue weighted by atomic mass is 16.5. The molecule has 1 aliphatic carbocycles. The summed E-state index contributed by atoms with van der Waals surface area (Å²) in [5.74, 6) is 1.84. The van der Waals surface area contributed by atoms with Gasteiger partial charge in [0.05, 0.1) is 7.11 Å². The van der Waals surface area contributed by atoms with Crippen LogP contribution in [0.15, 0.2) is 18.2 Å². The predicted molar refractivity (Wildman–Crippen MR) is 93.9 cm³/mol. The standard InChI is InChI=1S/C19H29NO4/c1-13-4-7-16(8-5-13)20-11-17(22)12-24-18-9-6-15(14(2)21)10-19(18)23-3/h6,9-10,13,16-17,20,22H,4-5,7-8,11-12H2,1-3H3/t13?,16?,17-/m1/s1. The summed E-state index contributed by atoms with van der Waals surface area (Å²) in [6, 6.07) is 5.57. The largest absolute Gasteiger partial charge is 0.493 e. The minimum absolute atomic E-state index is 0.0223. The fourth-order valence-electron chi connectivity index (χ4n) is 3.02. The molecule has 0 bridgehead atoms. The van der Waals surface area contributed by atoms with Crippen LogP contribution in [0.4, 0.5) is 0 Å². The summed E-state index contributed by atoms with van der Waals surface area (Å²) >= 11 is 0. The lowest BCUT2D eigenvalue weighted by molar-refractivity contribution is 0.0986. The minimum Gasteiger partial charge on any atom is -0.493 e.